The summed E-state index contributed by atoms with van der Waals surface area (Å²) >= 11 is 0. The lowest BCUT2D eigenvalue weighted by Gasteiger charge is -2.16. The zero-order valence-corrected chi connectivity index (χ0v) is 10.5. The van der Waals surface area contributed by atoms with E-state index in [0.29, 0.717) is 12.4 Å². The van der Waals surface area contributed by atoms with Gasteiger partial charge in [-0.1, -0.05) is 0 Å². The smallest absolute Gasteiger partial charge is 0.305 e. The number of hydrogen-bond donors (Lipinski definition) is 3. The van der Waals surface area contributed by atoms with Gasteiger partial charge in [-0.15, -0.1) is 0 Å². The summed E-state index contributed by atoms with van der Waals surface area (Å²) in [5.74, 6) is 0.493. The van der Waals surface area contributed by atoms with Gasteiger partial charge in [0.05, 0.1) is 12.1 Å². The lowest BCUT2D eigenvalue weighted by molar-refractivity contribution is -0.136. The van der Waals surface area contributed by atoms with E-state index in [1.54, 1.807) is 6.07 Å². The largest absolute Gasteiger partial charge is 0.481 e. The second kappa shape index (κ2) is 5.85. The van der Waals surface area contributed by atoms with E-state index in [9.17, 15) is 4.79 Å². The second-order valence-electron chi connectivity index (χ2n) is 3.96. The highest BCUT2D eigenvalue weighted by Gasteiger charge is 2.07. The number of nitrogens with one attached hydrogen (secondary N) is 2. The van der Waals surface area contributed by atoms with Crippen molar-refractivity contribution < 1.29 is 9.90 Å². The zero-order chi connectivity index (χ0) is 13.7. The number of nitrogens with zero attached hydrogens (tertiary/aromatic N) is 3. The number of hydrogen-bond acceptors (Lipinski definition) is 5. The first-order valence-corrected chi connectivity index (χ1v) is 5.81. The number of aromatic amines is 1. The Morgan fingerprint density at radius 2 is 2.37 bits per heavy atom. The van der Waals surface area contributed by atoms with Gasteiger partial charge < -0.3 is 20.3 Å². The molecule has 0 spiro atoms. The lowest BCUT2D eigenvalue weighted by Crippen LogP contribution is -2.13. The van der Waals surface area contributed by atoms with Crippen LogP contribution in [0.15, 0.2) is 30.9 Å². The molecule has 2 rings (SSSR count). The molecule has 0 saturated heterocycles. The highest BCUT2D eigenvalue weighted by atomic mass is 16.4. The summed E-state index contributed by atoms with van der Waals surface area (Å²) in [6, 6.07) is 3.70. The van der Waals surface area contributed by atoms with Gasteiger partial charge in [0.15, 0.2) is 0 Å². The molecule has 19 heavy (non-hydrogen) atoms. The van der Waals surface area contributed by atoms with Gasteiger partial charge in [-0.3, -0.25) is 4.79 Å². The van der Waals surface area contributed by atoms with Crippen molar-refractivity contribution in [3.8, 4) is 0 Å². The molecule has 2 aromatic rings. The molecule has 0 amide bonds. The summed E-state index contributed by atoms with van der Waals surface area (Å²) in [6.07, 6.45) is 5.19. The molecular formula is C12H15N5O2. The van der Waals surface area contributed by atoms with Crippen LogP contribution < -0.4 is 10.2 Å². The Balaban J connectivity index is 2.04. The summed E-state index contributed by atoms with van der Waals surface area (Å²) in [5.41, 5.74) is 0.982. The van der Waals surface area contributed by atoms with Crippen LogP contribution in [0.3, 0.4) is 0 Å². The number of carbonyl (C=O) groups is 1. The molecule has 0 aliphatic heterocycles. The molecule has 0 fully saturated rings. The zero-order valence-electron chi connectivity index (χ0n) is 10.5. The monoisotopic (exact) mass is 261 g/mol. The minimum atomic E-state index is -0.841. The van der Waals surface area contributed by atoms with Gasteiger partial charge in [-0.2, -0.15) is 0 Å². The molecule has 7 nitrogen and oxygen atoms in total. The first-order chi connectivity index (χ1) is 9.16. The number of carboxylic acids is 1. The van der Waals surface area contributed by atoms with Crippen molar-refractivity contribution in [1.29, 1.82) is 0 Å². The van der Waals surface area contributed by atoms with Gasteiger partial charge in [0, 0.05) is 32.1 Å². The van der Waals surface area contributed by atoms with Crippen molar-refractivity contribution in [1.82, 2.24) is 15.0 Å². The molecule has 2 heterocycles. The van der Waals surface area contributed by atoms with E-state index in [-0.39, 0.29) is 6.42 Å². The number of anilines is 3. The topological polar surface area (TPSA) is 94.1 Å². The minimum absolute atomic E-state index is 0.0486. The van der Waals surface area contributed by atoms with Crippen molar-refractivity contribution in [3.63, 3.8) is 0 Å². The van der Waals surface area contributed by atoms with Gasteiger partial charge in [-0.25, -0.2) is 9.97 Å². The van der Waals surface area contributed by atoms with Crippen LogP contribution in [0.1, 0.15) is 6.42 Å². The molecule has 0 aliphatic carbocycles. The second-order valence-corrected chi connectivity index (χ2v) is 3.96. The van der Waals surface area contributed by atoms with Crippen molar-refractivity contribution in [2.45, 2.75) is 6.42 Å². The van der Waals surface area contributed by atoms with Gasteiger partial charge in [-0.05, 0) is 6.07 Å². The maximum absolute atomic E-state index is 10.4. The van der Waals surface area contributed by atoms with E-state index < -0.39 is 5.97 Å². The number of aliphatic carboxylic acids is 1. The summed E-state index contributed by atoms with van der Waals surface area (Å²) in [7, 11) is 1.90. The maximum atomic E-state index is 10.4. The molecule has 3 N–H and O–H groups in total. The molecule has 2 aromatic heterocycles. The predicted octanol–water partition coefficient (Wildman–Crippen LogP) is 1.46. The van der Waals surface area contributed by atoms with Crippen molar-refractivity contribution >= 4 is 23.3 Å². The van der Waals surface area contributed by atoms with Crippen LogP contribution in [-0.2, 0) is 4.79 Å². The van der Waals surface area contributed by atoms with Gasteiger partial charge in [0.2, 0.25) is 0 Å². The standard InChI is InChI=1S/C12H15N5O2/c1-17(9-2-4-13-7-9)11-6-10(15-8-16-11)14-5-3-12(18)19/h2,4,6-8,13H,3,5H2,1H3,(H,18,19)(H,14,15,16). The molecule has 100 valence electrons. The lowest BCUT2D eigenvalue weighted by atomic mass is 10.4. The van der Waals surface area contributed by atoms with Crippen molar-refractivity contribution in [2.24, 2.45) is 0 Å². The first kappa shape index (κ1) is 12.9. The normalized spacial score (nSPS) is 10.2. The molecule has 0 unspecified atom stereocenters. The summed E-state index contributed by atoms with van der Waals surface area (Å²) in [6.45, 7) is 0.333. The van der Waals surface area contributed by atoms with Crippen LogP contribution in [0.2, 0.25) is 0 Å². The maximum Gasteiger partial charge on any atom is 0.305 e. The van der Waals surface area contributed by atoms with Gasteiger partial charge in [0.25, 0.3) is 0 Å². The average Bonchev–Trinajstić information content (AvgIpc) is 2.91. The van der Waals surface area contributed by atoms with Crippen LogP contribution in [0.4, 0.5) is 17.3 Å². The molecule has 0 bridgehead atoms. The third-order valence-electron chi connectivity index (χ3n) is 2.61. The summed E-state index contributed by atoms with van der Waals surface area (Å²) in [5, 5.41) is 11.5. The van der Waals surface area contributed by atoms with Crippen LogP contribution in [0, 0.1) is 0 Å². The Morgan fingerprint density at radius 1 is 1.53 bits per heavy atom. The predicted molar refractivity (Wildman–Crippen MR) is 71.6 cm³/mol. The quantitative estimate of drug-likeness (QED) is 0.728. The fourth-order valence-electron chi connectivity index (χ4n) is 1.58. The third-order valence-corrected chi connectivity index (χ3v) is 2.61. The van der Waals surface area contributed by atoms with Crippen LogP contribution in [-0.4, -0.2) is 39.6 Å². The number of aromatic nitrogens is 3. The number of rotatable bonds is 6. The molecule has 0 radical (unpaired) electrons. The summed E-state index contributed by atoms with van der Waals surface area (Å²) in [4.78, 5) is 23.5. The third kappa shape index (κ3) is 3.44. The molecule has 7 heteroatoms. The Bertz CT molecular complexity index is 541. The van der Waals surface area contributed by atoms with E-state index in [2.05, 4.69) is 20.3 Å². The fraction of sp³-hybridized carbons (Fsp3) is 0.250. The Labute approximate surface area is 110 Å². The van der Waals surface area contributed by atoms with E-state index in [1.807, 2.05) is 30.4 Å². The molecule has 0 aliphatic rings. The highest BCUT2D eigenvalue weighted by Crippen LogP contribution is 2.21. The van der Waals surface area contributed by atoms with E-state index >= 15 is 0 Å². The number of H-pyrrole nitrogens is 1. The van der Waals surface area contributed by atoms with Crippen LogP contribution in [0.25, 0.3) is 0 Å². The van der Waals surface area contributed by atoms with Crippen LogP contribution >= 0.6 is 0 Å². The van der Waals surface area contributed by atoms with Gasteiger partial charge in [0.1, 0.15) is 18.0 Å². The highest BCUT2D eigenvalue weighted by molar-refractivity contribution is 5.67. The SMILES string of the molecule is CN(c1cc[nH]c1)c1cc(NCCC(=O)O)ncn1. The van der Waals surface area contributed by atoms with Crippen molar-refractivity contribution in [3.05, 3.63) is 30.9 Å². The average molecular weight is 261 g/mol. The Morgan fingerprint density at radius 3 is 3.05 bits per heavy atom. The van der Waals surface area contributed by atoms with Crippen molar-refractivity contribution in [2.75, 3.05) is 23.8 Å². The Hall–Kier alpha value is -2.57. The Kier molecular flexibility index (Phi) is 3.97. The van der Waals surface area contributed by atoms with E-state index in [1.165, 1.54) is 6.33 Å². The van der Waals surface area contributed by atoms with Crippen LogP contribution in [0.5, 0.6) is 0 Å². The van der Waals surface area contributed by atoms with Gasteiger partial charge >= 0.3 is 5.97 Å². The first-order valence-electron chi connectivity index (χ1n) is 5.81. The molecular weight excluding hydrogens is 246 g/mol. The minimum Gasteiger partial charge on any atom is -0.481 e. The molecule has 0 aromatic carbocycles. The fourth-order valence-corrected chi connectivity index (χ4v) is 1.58. The van der Waals surface area contributed by atoms with E-state index in [0.717, 1.165) is 11.5 Å². The molecule has 0 saturated carbocycles. The number of carboxylic acid groups (broad SMARTS) is 1. The molecule has 0 atom stereocenters. The summed E-state index contributed by atoms with van der Waals surface area (Å²) < 4.78 is 0. The van der Waals surface area contributed by atoms with E-state index in [4.69, 9.17) is 5.11 Å².